The molecule has 1 rings (SSSR count). The third kappa shape index (κ3) is 3.92. The average Bonchev–Trinajstić information content (AvgIpc) is 2.26. The minimum Gasteiger partial charge on any atom is -0.326 e. The van der Waals surface area contributed by atoms with E-state index in [0.717, 1.165) is 12.6 Å². The Labute approximate surface area is 110 Å². The summed E-state index contributed by atoms with van der Waals surface area (Å²) in [5, 5.41) is 0. The maximum Gasteiger partial charge on any atom is 0.402 e. The lowest BCUT2D eigenvalue weighted by Crippen LogP contribution is -2.35. The van der Waals surface area contributed by atoms with Gasteiger partial charge in [0.15, 0.2) is 0 Å². The van der Waals surface area contributed by atoms with Gasteiger partial charge in [0, 0.05) is 13.6 Å². The third-order valence-electron chi connectivity index (χ3n) is 2.64. The van der Waals surface area contributed by atoms with Crippen molar-refractivity contribution < 1.29 is 21.6 Å². The Balaban J connectivity index is 3.10. The van der Waals surface area contributed by atoms with Crippen LogP contribution in [0.1, 0.15) is 11.1 Å². The van der Waals surface area contributed by atoms with Gasteiger partial charge in [0.25, 0.3) is 0 Å². The van der Waals surface area contributed by atoms with E-state index in [9.17, 15) is 21.6 Å². The second-order valence-corrected chi connectivity index (χ2v) is 6.21. The summed E-state index contributed by atoms with van der Waals surface area (Å²) in [7, 11) is -3.25. The maximum atomic E-state index is 12.2. The molecule has 0 aliphatic heterocycles. The minimum absolute atomic E-state index is 0.172. The molecule has 0 aromatic heterocycles. The van der Waals surface area contributed by atoms with Crippen LogP contribution in [0.4, 0.5) is 13.2 Å². The van der Waals surface area contributed by atoms with Gasteiger partial charge in [-0.3, -0.25) is 0 Å². The number of halogens is 3. The Morgan fingerprint density at radius 1 is 1.32 bits per heavy atom. The maximum absolute atomic E-state index is 12.2. The SMILES string of the molecule is Cc1cc(S(=O)(=O)N(C)CC(F)(F)F)ccc1CN. The van der Waals surface area contributed by atoms with Gasteiger partial charge in [-0.15, -0.1) is 0 Å². The number of rotatable bonds is 4. The highest BCUT2D eigenvalue weighted by molar-refractivity contribution is 7.89. The number of hydrogen-bond donors (Lipinski definition) is 1. The normalized spacial score (nSPS) is 13.0. The van der Waals surface area contributed by atoms with E-state index in [0.29, 0.717) is 5.56 Å². The number of benzene rings is 1. The largest absolute Gasteiger partial charge is 0.402 e. The molecule has 0 saturated carbocycles. The van der Waals surface area contributed by atoms with Gasteiger partial charge in [-0.2, -0.15) is 17.5 Å². The van der Waals surface area contributed by atoms with E-state index in [-0.39, 0.29) is 15.7 Å². The Kier molecular flexibility index (Phi) is 4.59. The van der Waals surface area contributed by atoms with Crippen molar-refractivity contribution in [2.24, 2.45) is 5.73 Å². The molecule has 108 valence electrons. The fourth-order valence-electron chi connectivity index (χ4n) is 1.58. The van der Waals surface area contributed by atoms with E-state index >= 15 is 0 Å². The molecule has 8 heteroatoms. The number of hydrogen-bond acceptors (Lipinski definition) is 3. The highest BCUT2D eigenvalue weighted by Gasteiger charge is 2.34. The molecular formula is C11H15F3N2O2S. The Bertz CT molecular complexity index is 556. The summed E-state index contributed by atoms with van der Waals surface area (Å²) in [6.45, 7) is 0.378. The van der Waals surface area contributed by atoms with Gasteiger partial charge in [-0.05, 0) is 30.2 Å². The molecule has 1 aromatic rings. The second-order valence-electron chi connectivity index (χ2n) is 4.17. The first-order valence-corrected chi connectivity index (χ1v) is 6.84. The predicted octanol–water partition coefficient (Wildman–Crippen LogP) is 1.64. The van der Waals surface area contributed by atoms with Crippen molar-refractivity contribution in [3.05, 3.63) is 29.3 Å². The molecule has 1 aromatic carbocycles. The molecule has 0 bridgehead atoms. The molecule has 0 radical (unpaired) electrons. The van der Waals surface area contributed by atoms with Gasteiger partial charge in [0.1, 0.15) is 6.54 Å². The van der Waals surface area contributed by atoms with Crippen molar-refractivity contribution in [3.8, 4) is 0 Å². The lowest BCUT2D eigenvalue weighted by Gasteiger charge is -2.19. The Morgan fingerprint density at radius 2 is 1.89 bits per heavy atom. The zero-order chi connectivity index (χ0) is 14.8. The van der Waals surface area contributed by atoms with E-state index in [1.807, 2.05) is 0 Å². The van der Waals surface area contributed by atoms with Crippen LogP contribution >= 0.6 is 0 Å². The molecule has 0 atom stereocenters. The summed E-state index contributed by atoms with van der Waals surface area (Å²) >= 11 is 0. The topological polar surface area (TPSA) is 63.4 Å². The van der Waals surface area contributed by atoms with Crippen LogP contribution in [0, 0.1) is 6.92 Å². The molecule has 2 N–H and O–H groups in total. The molecule has 0 fully saturated rings. The fourth-order valence-corrected chi connectivity index (χ4v) is 2.82. The molecule has 0 heterocycles. The van der Waals surface area contributed by atoms with Crippen molar-refractivity contribution in [1.29, 1.82) is 0 Å². The number of sulfonamides is 1. The molecule has 4 nitrogen and oxygen atoms in total. The Morgan fingerprint density at radius 3 is 2.32 bits per heavy atom. The second kappa shape index (κ2) is 5.48. The molecule has 0 aliphatic carbocycles. The van der Waals surface area contributed by atoms with Crippen LogP contribution in [-0.4, -0.2) is 32.5 Å². The molecule has 0 aliphatic rings. The third-order valence-corrected chi connectivity index (χ3v) is 4.44. The standard InChI is InChI=1S/C11H15F3N2O2S/c1-8-5-10(4-3-9(8)6-15)19(17,18)16(2)7-11(12,13)14/h3-5H,6-7,15H2,1-2H3. The average molecular weight is 296 g/mol. The first kappa shape index (κ1) is 15.9. The highest BCUT2D eigenvalue weighted by atomic mass is 32.2. The molecule has 0 saturated heterocycles. The summed E-state index contributed by atoms with van der Waals surface area (Å²) in [4.78, 5) is -0.172. The van der Waals surface area contributed by atoms with Crippen molar-refractivity contribution in [1.82, 2.24) is 4.31 Å². The van der Waals surface area contributed by atoms with Crippen LogP contribution in [-0.2, 0) is 16.6 Å². The van der Waals surface area contributed by atoms with Crippen LogP contribution < -0.4 is 5.73 Å². The smallest absolute Gasteiger partial charge is 0.326 e. The lowest BCUT2D eigenvalue weighted by atomic mass is 10.1. The van der Waals surface area contributed by atoms with Crippen LogP contribution in [0.5, 0.6) is 0 Å². The van der Waals surface area contributed by atoms with Gasteiger partial charge < -0.3 is 5.73 Å². The zero-order valence-electron chi connectivity index (χ0n) is 10.5. The summed E-state index contributed by atoms with van der Waals surface area (Å²) in [6, 6.07) is 4.09. The summed E-state index contributed by atoms with van der Waals surface area (Å²) in [6.07, 6.45) is -4.58. The zero-order valence-corrected chi connectivity index (χ0v) is 11.3. The highest BCUT2D eigenvalue weighted by Crippen LogP contribution is 2.22. The quantitative estimate of drug-likeness (QED) is 0.918. The lowest BCUT2D eigenvalue weighted by molar-refractivity contribution is -0.134. The van der Waals surface area contributed by atoms with Crippen molar-refractivity contribution in [2.45, 2.75) is 24.5 Å². The van der Waals surface area contributed by atoms with Gasteiger partial charge in [0.05, 0.1) is 4.90 Å². The van der Waals surface area contributed by atoms with Gasteiger partial charge in [0.2, 0.25) is 10.0 Å². The summed E-state index contributed by atoms with van der Waals surface area (Å²) in [5.41, 5.74) is 6.82. The van der Waals surface area contributed by atoms with Gasteiger partial charge >= 0.3 is 6.18 Å². The van der Waals surface area contributed by atoms with Gasteiger partial charge in [-0.25, -0.2) is 8.42 Å². The first-order chi connectivity index (χ1) is 8.58. The molecular weight excluding hydrogens is 281 g/mol. The van der Waals surface area contributed by atoms with E-state index in [4.69, 9.17) is 5.73 Å². The number of aryl methyl sites for hydroxylation is 1. The summed E-state index contributed by atoms with van der Waals surface area (Å²) < 4.78 is 60.9. The van der Waals surface area contributed by atoms with Crippen LogP contribution in [0.3, 0.4) is 0 Å². The Hall–Kier alpha value is -1.12. The van der Waals surface area contributed by atoms with E-state index < -0.39 is 22.7 Å². The molecule has 0 unspecified atom stereocenters. The van der Waals surface area contributed by atoms with Crippen molar-refractivity contribution >= 4 is 10.0 Å². The molecule has 0 spiro atoms. The number of alkyl halides is 3. The van der Waals surface area contributed by atoms with Crippen LogP contribution in [0.2, 0.25) is 0 Å². The van der Waals surface area contributed by atoms with Crippen LogP contribution in [0.25, 0.3) is 0 Å². The van der Waals surface area contributed by atoms with Crippen molar-refractivity contribution in [3.63, 3.8) is 0 Å². The van der Waals surface area contributed by atoms with Crippen molar-refractivity contribution in [2.75, 3.05) is 13.6 Å². The van der Waals surface area contributed by atoms with E-state index in [1.54, 1.807) is 6.92 Å². The monoisotopic (exact) mass is 296 g/mol. The predicted molar refractivity (Wildman–Crippen MR) is 64.9 cm³/mol. The first-order valence-electron chi connectivity index (χ1n) is 5.40. The fraction of sp³-hybridized carbons (Fsp3) is 0.455. The number of nitrogens with zero attached hydrogens (tertiary/aromatic N) is 1. The van der Waals surface area contributed by atoms with Gasteiger partial charge in [-0.1, -0.05) is 6.07 Å². The molecule has 19 heavy (non-hydrogen) atoms. The van der Waals surface area contributed by atoms with E-state index in [2.05, 4.69) is 0 Å². The van der Waals surface area contributed by atoms with Crippen LogP contribution in [0.15, 0.2) is 23.1 Å². The summed E-state index contributed by atoms with van der Waals surface area (Å²) in [5.74, 6) is 0. The minimum atomic E-state index is -4.58. The molecule has 0 amide bonds. The van der Waals surface area contributed by atoms with E-state index in [1.165, 1.54) is 18.2 Å². The number of nitrogens with two attached hydrogens (primary N) is 1.